The van der Waals surface area contributed by atoms with Gasteiger partial charge in [0.05, 0.1) is 0 Å². The van der Waals surface area contributed by atoms with Gasteiger partial charge in [0.15, 0.2) is 6.10 Å². The van der Waals surface area contributed by atoms with Crippen molar-refractivity contribution in [2.24, 2.45) is 0 Å². The van der Waals surface area contributed by atoms with Crippen LogP contribution in [0.15, 0.2) is 97.2 Å². The molecule has 6 nitrogen and oxygen atoms in total. The zero-order valence-corrected chi connectivity index (χ0v) is 48.6. The van der Waals surface area contributed by atoms with E-state index in [-0.39, 0.29) is 37.5 Å². The minimum atomic E-state index is -0.819. The minimum absolute atomic E-state index is 0.106. The van der Waals surface area contributed by atoms with E-state index in [4.69, 9.17) is 14.2 Å². The molecular formula is C68H116O6. The van der Waals surface area contributed by atoms with Gasteiger partial charge in [-0.1, -0.05) is 285 Å². The van der Waals surface area contributed by atoms with Crippen molar-refractivity contribution in [3.63, 3.8) is 0 Å². The molecule has 0 amide bonds. The Morgan fingerprint density at radius 1 is 0.284 bits per heavy atom. The number of hydrogen-bond acceptors (Lipinski definition) is 6. The first-order valence-corrected chi connectivity index (χ1v) is 31.2. The Balaban J connectivity index is 4.43. The number of ether oxygens (including phenoxy) is 3. The van der Waals surface area contributed by atoms with Gasteiger partial charge in [0.25, 0.3) is 0 Å². The van der Waals surface area contributed by atoms with E-state index in [0.717, 1.165) is 83.5 Å². The average molecular weight is 1030 g/mol. The van der Waals surface area contributed by atoms with Crippen LogP contribution in [-0.2, 0) is 28.6 Å². The van der Waals surface area contributed by atoms with Crippen LogP contribution >= 0.6 is 0 Å². The van der Waals surface area contributed by atoms with Crippen molar-refractivity contribution in [1.29, 1.82) is 0 Å². The van der Waals surface area contributed by atoms with E-state index in [9.17, 15) is 14.4 Å². The Bertz CT molecular complexity index is 1460. The van der Waals surface area contributed by atoms with Crippen LogP contribution in [0, 0.1) is 0 Å². The molecule has 0 aromatic rings. The topological polar surface area (TPSA) is 78.9 Å². The number of rotatable bonds is 56. The van der Waals surface area contributed by atoms with E-state index in [1.807, 2.05) is 6.08 Å². The van der Waals surface area contributed by atoms with Crippen LogP contribution in [0.4, 0.5) is 0 Å². The largest absolute Gasteiger partial charge is 0.462 e. The summed E-state index contributed by atoms with van der Waals surface area (Å²) >= 11 is 0. The molecule has 0 spiro atoms. The smallest absolute Gasteiger partial charge is 0.306 e. The second-order valence-corrected chi connectivity index (χ2v) is 20.6. The molecule has 74 heavy (non-hydrogen) atoms. The molecule has 0 N–H and O–H groups in total. The quantitative estimate of drug-likeness (QED) is 0.0261. The standard InChI is InChI=1S/C68H116O6/c1-4-7-10-13-16-19-22-25-28-30-32-33-34-35-37-38-40-43-46-49-52-55-58-61-67(70)73-64-65(63-72-66(69)60-57-54-51-48-45-42-27-24-21-18-15-12-9-6-3)74-68(71)62-59-56-53-50-47-44-41-39-36-31-29-26-23-20-17-14-11-8-5-2/h8,11,17,20,22,25-26,29-30,32,36,39,44,47,53,56,65H,4-7,9-10,12-16,18-19,21,23-24,27-28,31,33-35,37-38,40-43,45-46,48-52,54-55,57-64H2,1-3H3/b11-8-,20-17-,25-22-,29-26-,32-30-,39-36-,47-44-,56-53-. The van der Waals surface area contributed by atoms with Gasteiger partial charge in [-0.25, -0.2) is 0 Å². The molecular weight excluding hydrogens is 913 g/mol. The summed E-state index contributed by atoms with van der Waals surface area (Å²) < 4.78 is 16.8. The van der Waals surface area contributed by atoms with Crippen LogP contribution in [0.1, 0.15) is 297 Å². The normalized spacial score (nSPS) is 12.7. The van der Waals surface area contributed by atoms with E-state index >= 15 is 0 Å². The van der Waals surface area contributed by atoms with Crippen molar-refractivity contribution < 1.29 is 28.6 Å². The van der Waals surface area contributed by atoms with E-state index in [1.54, 1.807) is 0 Å². The lowest BCUT2D eigenvalue weighted by atomic mass is 10.0. The molecule has 6 heteroatoms. The minimum Gasteiger partial charge on any atom is -0.462 e. The third-order valence-electron chi connectivity index (χ3n) is 13.3. The molecule has 1 atom stereocenters. The van der Waals surface area contributed by atoms with Crippen molar-refractivity contribution in [2.75, 3.05) is 13.2 Å². The van der Waals surface area contributed by atoms with E-state index < -0.39 is 6.10 Å². The second-order valence-electron chi connectivity index (χ2n) is 20.6. The van der Waals surface area contributed by atoms with E-state index in [0.29, 0.717) is 19.3 Å². The maximum atomic E-state index is 12.9. The number of allylic oxidation sites excluding steroid dienone is 16. The lowest BCUT2D eigenvalue weighted by molar-refractivity contribution is -0.166. The molecule has 0 heterocycles. The van der Waals surface area contributed by atoms with Crippen molar-refractivity contribution in [1.82, 2.24) is 0 Å². The summed E-state index contributed by atoms with van der Waals surface area (Å²) in [6, 6.07) is 0. The predicted molar refractivity (Wildman–Crippen MR) is 320 cm³/mol. The molecule has 0 aliphatic carbocycles. The maximum Gasteiger partial charge on any atom is 0.306 e. The van der Waals surface area contributed by atoms with Gasteiger partial charge in [0.1, 0.15) is 13.2 Å². The van der Waals surface area contributed by atoms with Gasteiger partial charge in [-0.3, -0.25) is 14.4 Å². The SMILES string of the molecule is CC/C=C\C/C=C\C/C=C\C/C=C\C/C=C\C/C=C\CCC(=O)OC(COC(=O)CCCCCCCCCCCCC/C=C\C/C=C\CCCCCCC)COC(=O)CCCCCCCCCCCCCCCC. The number of hydrogen-bond donors (Lipinski definition) is 0. The Hall–Kier alpha value is -3.67. The molecule has 0 radical (unpaired) electrons. The Morgan fingerprint density at radius 2 is 0.554 bits per heavy atom. The molecule has 0 aromatic heterocycles. The maximum absolute atomic E-state index is 12.9. The number of carbonyl (C=O) groups excluding carboxylic acids is 3. The first kappa shape index (κ1) is 70.3. The third kappa shape index (κ3) is 59.2. The van der Waals surface area contributed by atoms with Crippen LogP contribution < -0.4 is 0 Å². The van der Waals surface area contributed by atoms with Crippen LogP contribution in [0.3, 0.4) is 0 Å². The van der Waals surface area contributed by atoms with E-state index in [2.05, 4.69) is 112 Å². The summed E-state index contributed by atoms with van der Waals surface area (Å²) in [5.41, 5.74) is 0. The lowest BCUT2D eigenvalue weighted by Crippen LogP contribution is -2.30. The summed E-state index contributed by atoms with van der Waals surface area (Å²) in [4.78, 5) is 38.2. The number of unbranched alkanes of at least 4 members (excludes halogenated alkanes) is 29. The van der Waals surface area contributed by atoms with Crippen LogP contribution in [0.2, 0.25) is 0 Å². The molecule has 0 saturated carbocycles. The molecule has 0 saturated heterocycles. The van der Waals surface area contributed by atoms with Crippen molar-refractivity contribution >= 4 is 17.9 Å². The highest BCUT2D eigenvalue weighted by atomic mass is 16.6. The molecule has 0 rings (SSSR count). The van der Waals surface area contributed by atoms with Gasteiger partial charge in [0.2, 0.25) is 0 Å². The fraction of sp³-hybridized carbons (Fsp3) is 0.721. The van der Waals surface area contributed by atoms with Gasteiger partial charge >= 0.3 is 17.9 Å². The molecule has 1 unspecified atom stereocenters. The van der Waals surface area contributed by atoms with E-state index in [1.165, 1.54) is 167 Å². The van der Waals surface area contributed by atoms with Crippen molar-refractivity contribution in [3.8, 4) is 0 Å². The van der Waals surface area contributed by atoms with Crippen LogP contribution in [0.25, 0.3) is 0 Å². The van der Waals surface area contributed by atoms with Gasteiger partial charge in [-0.05, 0) is 89.9 Å². The van der Waals surface area contributed by atoms with Crippen LogP contribution in [-0.4, -0.2) is 37.2 Å². The zero-order chi connectivity index (χ0) is 53.6. The molecule has 0 fully saturated rings. The van der Waals surface area contributed by atoms with Gasteiger partial charge in [-0.2, -0.15) is 0 Å². The van der Waals surface area contributed by atoms with Crippen molar-refractivity contribution in [3.05, 3.63) is 97.2 Å². The lowest BCUT2D eigenvalue weighted by Gasteiger charge is -2.18. The van der Waals surface area contributed by atoms with Crippen LogP contribution in [0.5, 0.6) is 0 Å². The summed E-state index contributed by atoms with van der Waals surface area (Å²) in [7, 11) is 0. The van der Waals surface area contributed by atoms with Crippen molar-refractivity contribution in [2.45, 2.75) is 303 Å². The third-order valence-corrected chi connectivity index (χ3v) is 13.3. The van der Waals surface area contributed by atoms with Gasteiger partial charge in [0, 0.05) is 19.3 Å². The Kier molecular flexibility index (Phi) is 58.8. The predicted octanol–water partition coefficient (Wildman–Crippen LogP) is 21.3. The molecule has 424 valence electrons. The first-order chi connectivity index (χ1) is 36.5. The zero-order valence-electron chi connectivity index (χ0n) is 48.6. The molecule has 0 aromatic carbocycles. The first-order valence-electron chi connectivity index (χ1n) is 31.2. The fourth-order valence-corrected chi connectivity index (χ4v) is 8.68. The summed E-state index contributed by atoms with van der Waals surface area (Å²) in [5, 5.41) is 0. The van der Waals surface area contributed by atoms with Gasteiger partial charge in [-0.15, -0.1) is 0 Å². The summed E-state index contributed by atoms with van der Waals surface area (Å²) in [6.07, 6.45) is 82.8. The Labute approximate surface area is 457 Å². The average Bonchev–Trinajstić information content (AvgIpc) is 3.40. The highest BCUT2D eigenvalue weighted by Crippen LogP contribution is 2.16. The van der Waals surface area contributed by atoms with Gasteiger partial charge < -0.3 is 14.2 Å². The Morgan fingerprint density at radius 3 is 0.878 bits per heavy atom. The number of carbonyl (C=O) groups is 3. The molecule has 0 bridgehead atoms. The fourth-order valence-electron chi connectivity index (χ4n) is 8.68. The monoisotopic (exact) mass is 1030 g/mol. The molecule has 0 aliphatic rings. The second kappa shape index (κ2) is 61.9. The summed E-state index contributed by atoms with van der Waals surface area (Å²) in [5.74, 6) is -0.984. The number of esters is 3. The highest BCUT2D eigenvalue weighted by molar-refractivity contribution is 5.71. The molecule has 0 aliphatic heterocycles. The highest BCUT2D eigenvalue weighted by Gasteiger charge is 2.19. The summed E-state index contributed by atoms with van der Waals surface area (Å²) in [6.45, 7) is 6.48.